The van der Waals surface area contributed by atoms with Gasteiger partial charge < -0.3 is 9.84 Å². The summed E-state index contributed by atoms with van der Waals surface area (Å²) in [5.41, 5.74) is 2.46. The SMILES string of the molecule is Cc1ccc(CS[C@@H](C)C(=O)Nc2cc(C)on2)cc1. The van der Waals surface area contributed by atoms with Gasteiger partial charge >= 0.3 is 0 Å². The number of hydrogen-bond donors (Lipinski definition) is 1. The highest BCUT2D eigenvalue weighted by Gasteiger charge is 2.15. The van der Waals surface area contributed by atoms with Crippen LogP contribution < -0.4 is 5.32 Å². The molecule has 2 rings (SSSR count). The van der Waals surface area contributed by atoms with E-state index in [0.29, 0.717) is 11.6 Å². The van der Waals surface area contributed by atoms with Crippen molar-refractivity contribution in [3.63, 3.8) is 0 Å². The molecule has 0 aliphatic carbocycles. The monoisotopic (exact) mass is 290 g/mol. The summed E-state index contributed by atoms with van der Waals surface area (Å²) >= 11 is 1.60. The van der Waals surface area contributed by atoms with Gasteiger partial charge in [0.15, 0.2) is 5.82 Å². The molecule has 0 aliphatic rings. The van der Waals surface area contributed by atoms with Crippen molar-refractivity contribution in [3.8, 4) is 0 Å². The normalized spacial score (nSPS) is 12.2. The van der Waals surface area contributed by atoms with E-state index in [2.05, 4.69) is 41.7 Å². The lowest BCUT2D eigenvalue weighted by Gasteiger charge is -2.10. The molecule has 0 radical (unpaired) electrons. The van der Waals surface area contributed by atoms with Gasteiger partial charge in [-0.2, -0.15) is 0 Å². The van der Waals surface area contributed by atoms with Gasteiger partial charge in [-0.15, -0.1) is 11.8 Å². The Morgan fingerprint density at radius 3 is 2.65 bits per heavy atom. The highest BCUT2D eigenvalue weighted by atomic mass is 32.2. The Hall–Kier alpha value is -1.75. The molecule has 1 atom stereocenters. The number of benzene rings is 1. The number of nitrogens with zero attached hydrogens (tertiary/aromatic N) is 1. The van der Waals surface area contributed by atoms with Crippen molar-refractivity contribution in [1.82, 2.24) is 5.16 Å². The minimum atomic E-state index is -0.145. The Labute approximate surface area is 122 Å². The summed E-state index contributed by atoms with van der Waals surface area (Å²) in [5.74, 6) is 1.90. The zero-order chi connectivity index (χ0) is 14.5. The number of thioether (sulfide) groups is 1. The highest BCUT2D eigenvalue weighted by Crippen LogP contribution is 2.19. The number of anilines is 1. The van der Waals surface area contributed by atoms with Gasteiger partial charge in [-0.25, -0.2) is 0 Å². The number of nitrogens with one attached hydrogen (secondary N) is 1. The van der Waals surface area contributed by atoms with E-state index < -0.39 is 0 Å². The summed E-state index contributed by atoms with van der Waals surface area (Å²) in [4.78, 5) is 12.0. The van der Waals surface area contributed by atoms with E-state index in [0.717, 1.165) is 5.75 Å². The molecule has 0 bridgehead atoms. The molecule has 106 valence electrons. The molecular formula is C15H18N2O2S. The van der Waals surface area contributed by atoms with Crippen LogP contribution in [0.5, 0.6) is 0 Å². The van der Waals surface area contributed by atoms with E-state index in [-0.39, 0.29) is 11.2 Å². The molecule has 1 aromatic carbocycles. The third kappa shape index (κ3) is 4.13. The van der Waals surface area contributed by atoms with Gasteiger partial charge in [0.25, 0.3) is 0 Å². The number of carbonyl (C=O) groups excluding carboxylic acids is 1. The van der Waals surface area contributed by atoms with E-state index in [1.54, 1.807) is 24.8 Å². The Morgan fingerprint density at radius 2 is 2.05 bits per heavy atom. The van der Waals surface area contributed by atoms with Crippen molar-refractivity contribution < 1.29 is 9.32 Å². The smallest absolute Gasteiger partial charge is 0.238 e. The highest BCUT2D eigenvalue weighted by molar-refractivity contribution is 7.99. The van der Waals surface area contributed by atoms with Crippen LogP contribution in [0, 0.1) is 13.8 Å². The van der Waals surface area contributed by atoms with Crippen molar-refractivity contribution in [2.24, 2.45) is 0 Å². The first-order chi connectivity index (χ1) is 9.54. The maximum atomic E-state index is 12.0. The Balaban J connectivity index is 1.83. The first kappa shape index (κ1) is 14.7. The third-order valence-corrected chi connectivity index (χ3v) is 4.08. The molecule has 0 spiro atoms. The summed E-state index contributed by atoms with van der Waals surface area (Å²) in [6, 6.07) is 10.1. The lowest BCUT2D eigenvalue weighted by molar-refractivity contribution is -0.115. The van der Waals surface area contributed by atoms with Crippen LogP contribution in [0.3, 0.4) is 0 Å². The van der Waals surface area contributed by atoms with Crippen molar-refractivity contribution in [1.29, 1.82) is 0 Å². The van der Waals surface area contributed by atoms with Crippen LogP contribution in [-0.4, -0.2) is 16.3 Å². The van der Waals surface area contributed by atoms with Crippen LogP contribution in [0.25, 0.3) is 0 Å². The molecule has 1 heterocycles. The average Bonchev–Trinajstić information content (AvgIpc) is 2.83. The summed E-state index contributed by atoms with van der Waals surface area (Å²) in [5, 5.41) is 6.35. The minimum Gasteiger partial charge on any atom is -0.360 e. The van der Waals surface area contributed by atoms with Gasteiger partial charge in [0.1, 0.15) is 5.76 Å². The fraction of sp³-hybridized carbons (Fsp3) is 0.333. The second-order valence-electron chi connectivity index (χ2n) is 4.75. The molecule has 0 unspecified atom stereocenters. The number of aryl methyl sites for hydroxylation is 2. The van der Waals surface area contributed by atoms with E-state index in [4.69, 9.17) is 4.52 Å². The predicted octanol–water partition coefficient (Wildman–Crippen LogP) is 3.55. The van der Waals surface area contributed by atoms with E-state index in [1.807, 2.05) is 6.92 Å². The molecule has 1 aromatic heterocycles. The molecular weight excluding hydrogens is 272 g/mol. The summed E-state index contributed by atoms with van der Waals surface area (Å²) in [6.07, 6.45) is 0. The third-order valence-electron chi connectivity index (χ3n) is 2.87. The van der Waals surface area contributed by atoms with Gasteiger partial charge in [0.2, 0.25) is 5.91 Å². The van der Waals surface area contributed by atoms with E-state index in [1.165, 1.54) is 11.1 Å². The van der Waals surface area contributed by atoms with Gasteiger partial charge in [-0.05, 0) is 26.3 Å². The molecule has 4 nitrogen and oxygen atoms in total. The largest absolute Gasteiger partial charge is 0.360 e. The number of hydrogen-bond acceptors (Lipinski definition) is 4. The van der Waals surface area contributed by atoms with E-state index in [9.17, 15) is 4.79 Å². The van der Waals surface area contributed by atoms with E-state index >= 15 is 0 Å². The average molecular weight is 290 g/mol. The Bertz CT molecular complexity index is 578. The zero-order valence-corrected chi connectivity index (χ0v) is 12.7. The second kappa shape index (κ2) is 6.61. The number of aromatic nitrogens is 1. The van der Waals surface area contributed by atoms with Crippen molar-refractivity contribution in [2.45, 2.75) is 31.8 Å². The lowest BCUT2D eigenvalue weighted by Crippen LogP contribution is -2.22. The van der Waals surface area contributed by atoms with Crippen LogP contribution >= 0.6 is 11.8 Å². The maximum absolute atomic E-state index is 12.0. The van der Waals surface area contributed by atoms with Crippen molar-refractivity contribution in [3.05, 3.63) is 47.2 Å². The first-order valence-electron chi connectivity index (χ1n) is 6.46. The first-order valence-corrected chi connectivity index (χ1v) is 7.51. The lowest BCUT2D eigenvalue weighted by atomic mass is 10.2. The quantitative estimate of drug-likeness (QED) is 0.915. The van der Waals surface area contributed by atoms with Gasteiger partial charge in [0, 0.05) is 11.8 Å². The standard InChI is InChI=1S/C15H18N2O2S/c1-10-4-6-13(7-5-10)9-20-12(3)15(18)16-14-8-11(2)19-17-14/h4-8,12H,9H2,1-3H3,(H,16,17,18)/t12-/m0/s1. The molecule has 20 heavy (non-hydrogen) atoms. The van der Waals surface area contributed by atoms with Crippen LogP contribution in [-0.2, 0) is 10.5 Å². The number of rotatable bonds is 5. The summed E-state index contributed by atoms with van der Waals surface area (Å²) < 4.78 is 4.91. The van der Waals surface area contributed by atoms with Crippen LogP contribution in [0.1, 0.15) is 23.8 Å². The molecule has 0 fully saturated rings. The maximum Gasteiger partial charge on any atom is 0.238 e. The van der Waals surface area contributed by atoms with Gasteiger partial charge in [-0.1, -0.05) is 35.0 Å². The fourth-order valence-electron chi connectivity index (χ4n) is 1.63. The molecule has 0 aliphatic heterocycles. The zero-order valence-electron chi connectivity index (χ0n) is 11.8. The van der Waals surface area contributed by atoms with Crippen LogP contribution in [0.2, 0.25) is 0 Å². The molecule has 1 amide bonds. The Kier molecular flexibility index (Phi) is 4.84. The Morgan fingerprint density at radius 1 is 1.35 bits per heavy atom. The summed E-state index contributed by atoms with van der Waals surface area (Å²) in [6.45, 7) is 5.74. The topological polar surface area (TPSA) is 55.1 Å². The summed E-state index contributed by atoms with van der Waals surface area (Å²) in [7, 11) is 0. The number of carbonyl (C=O) groups is 1. The molecule has 2 aromatic rings. The van der Waals surface area contributed by atoms with Crippen molar-refractivity contribution >= 4 is 23.5 Å². The molecule has 0 saturated heterocycles. The molecule has 0 saturated carbocycles. The van der Waals surface area contributed by atoms with Crippen molar-refractivity contribution in [2.75, 3.05) is 5.32 Å². The molecule has 5 heteroatoms. The van der Waals surface area contributed by atoms with Crippen LogP contribution in [0.4, 0.5) is 5.82 Å². The van der Waals surface area contributed by atoms with Gasteiger partial charge in [0.05, 0.1) is 5.25 Å². The minimum absolute atomic E-state index is 0.0598. The predicted molar refractivity (Wildman–Crippen MR) is 81.8 cm³/mol. The second-order valence-corrected chi connectivity index (χ2v) is 6.08. The fourth-order valence-corrected chi connectivity index (χ4v) is 2.48. The number of amides is 1. The van der Waals surface area contributed by atoms with Crippen LogP contribution in [0.15, 0.2) is 34.9 Å². The van der Waals surface area contributed by atoms with Gasteiger partial charge in [-0.3, -0.25) is 4.79 Å². The molecule has 1 N–H and O–H groups in total.